The Morgan fingerprint density at radius 3 is 2.39 bits per heavy atom. The molecule has 2 amide bonds. The summed E-state index contributed by atoms with van der Waals surface area (Å²) in [7, 11) is 1.58. The van der Waals surface area contributed by atoms with Crippen LogP contribution in [0.15, 0.2) is 59.5 Å². The van der Waals surface area contributed by atoms with Crippen LogP contribution in [-0.2, 0) is 16.1 Å². The predicted octanol–water partition coefficient (Wildman–Crippen LogP) is 2.86. The Balaban J connectivity index is 1.94. The molecule has 116 valence electrons. The van der Waals surface area contributed by atoms with E-state index in [4.69, 9.17) is 5.26 Å². The van der Waals surface area contributed by atoms with Gasteiger partial charge in [0.05, 0.1) is 0 Å². The highest BCUT2D eigenvalue weighted by Crippen LogP contribution is 2.19. The fourth-order valence-electron chi connectivity index (χ4n) is 1.95. The van der Waals surface area contributed by atoms with Crippen molar-refractivity contribution in [1.29, 1.82) is 5.26 Å². The van der Waals surface area contributed by atoms with Crippen LogP contribution in [0.25, 0.3) is 0 Å². The van der Waals surface area contributed by atoms with Crippen LogP contribution in [0.5, 0.6) is 0 Å². The van der Waals surface area contributed by atoms with E-state index in [1.165, 1.54) is 4.90 Å². The standard InChI is InChI=1S/C17H15N3O2S/c1-20(11-13-5-3-2-4-6-13)17(22)16(21)19-14-7-9-15(10-8-14)23-12-18/h2-10H,11H2,1H3,(H,19,21). The van der Waals surface area contributed by atoms with Gasteiger partial charge in [-0.05, 0) is 41.6 Å². The number of hydrogen-bond donors (Lipinski definition) is 1. The number of carbonyl (C=O) groups excluding carboxylic acids is 2. The van der Waals surface area contributed by atoms with Crippen LogP contribution in [0.4, 0.5) is 5.69 Å². The summed E-state index contributed by atoms with van der Waals surface area (Å²) in [6, 6.07) is 16.2. The maximum atomic E-state index is 12.1. The number of rotatable bonds is 4. The monoisotopic (exact) mass is 325 g/mol. The Kier molecular flexibility index (Phi) is 5.78. The fraction of sp³-hybridized carbons (Fsp3) is 0.118. The van der Waals surface area contributed by atoms with Crippen molar-refractivity contribution in [2.24, 2.45) is 0 Å². The molecule has 0 atom stereocenters. The highest BCUT2D eigenvalue weighted by atomic mass is 32.2. The van der Waals surface area contributed by atoms with Gasteiger partial charge in [0.2, 0.25) is 0 Å². The quantitative estimate of drug-likeness (QED) is 0.533. The molecule has 0 heterocycles. The fourth-order valence-corrected chi connectivity index (χ4v) is 2.32. The Bertz CT molecular complexity index is 724. The zero-order valence-electron chi connectivity index (χ0n) is 12.5. The van der Waals surface area contributed by atoms with Crippen molar-refractivity contribution in [3.8, 4) is 5.40 Å². The van der Waals surface area contributed by atoms with Crippen LogP contribution in [0.3, 0.4) is 0 Å². The van der Waals surface area contributed by atoms with E-state index in [9.17, 15) is 9.59 Å². The summed E-state index contributed by atoms with van der Waals surface area (Å²) in [6.07, 6.45) is 0. The minimum Gasteiger partial charge on any atom is -0.333 e. The number of hydrogen-bond acceptors (Lipinski definition) is 4. The SMILES string of the molecule is CN(Cc1ccccc1)C(=O)C(=O)Nc1ccc(SC#N)cc1. The van der Waals surface area contributed by atoms with Crippen LogP contribution >= 0.6 is 11.8 Å². The van der Waals surface area contributed by atoms with E-state index in [1.807, 2.05) is 35.7 Å². The lowest BCUT2D eigenvalue weighted by atomic mass is 10.2. The van der Waals surface area contributed by atoms with Crippen molar-refractivity contribution in [2.45, 2.75) is 11.4 Å². The number of anilines is 1. The average Bonchev–Trinajstić information content (AvgIpc) is 2.57. The molecule has 5 nitrogen and oxygen atoms in total. The largest absolute Gasteiger partial charge is 0.333 e. The Morgan fingerprint density at radius 1 is 1.13 bits per heavy atom. The molecular weight excluding hydrogens is 310 g/mol. The van der Waals surface area contributed by atoms with Gasteiger partial charge in [0, 0.05) is 24.2 Å². The molecule has 0 saturated carbocycles. The van der Waals surface area contributed by atoms with Gasteiger partial charge < -0.3 is 10.2 Å². The third-order valence-electron chi connectivity index (χ3n) is 3.08. The molecule has 1 N–H and O–H groups in total. The molecule has 0 bridgehead atoms. The first kappa shape index (κ1) is 16.6. The van der Waals surface area contributed by atoms with Crippen LogP contribution < -0.4 is 5.32 Å². The summed E-state index contributed by atoms with van der Waals surface area (Å²) >= 11 is 1.03. The second-order valence-corrected chi connectivity index (χ2v) is 5.68. The maximum absolute atomic E-state index is 12.1. The lowest BCUT2D eigenvalue weighted by Gasteiger charge is -2.16. The number of likely N-dealkylation sites (N-methyl/N-ethyl adjacent to an activating group) is 1. The number of nitrogens with one attached hydrogen (secondary N) is 1. The minimum atomic E-state index is -0.691. The van der Waals surface area contributed by atoms with Gasteiger partial charge in [-0.25, -0.2) is 0 Å². The van der Waals surface area contributed by atoms with Crippen molar-refractivity contribution >= 4 is 29.3 Å². The van der Waals surface area contributed by atoms with Crippen molar-refractivity contribution < 1.29 is 9.59 Å². The molecule has 0 aliphatic heterocycles. The summed E-state index contributed by atoms with van der Waals surface area (Å²) in [5, 5.41) is 13.1. The number of thioether (sulfide) groups is 1. The summed E-state index contributed by atoms with van der Waals surface area (Å²) in [5.74, 6) is -1.30. The van der Waals surface area contributed by atoms with Crippen molar-refractivity contribution in [3.05, 3.63) is 60.2 Å². The third kappa shape index (κ3) is 4.87. The Labute approximate surface area is 138 Å². The zero-order valence-corrected chi connectivity index (χ0v) is 13.3. The van der Waals surface area contributed by atoms with E-state index in [0.29, 0.717) is 12.2 Å². The van der Waals surface area contributed by atoms with Gasteiger partial charge in [0.15, 0.2) is 0 Å². The molecule has 0 radical (unpaired) electrons. The minimum absolute atomic E-state index is 0.366. The van der Waals surface area contributed by atoms with Gasteiger partial charge >= 0.3 is 11.8 Å². The molecule has 0 unspecified atom stereocenters. The van der Waals surface area contributed by atoms with E-state index >= 15 is 0 Å². The highest BCUT2D eigenvalue weighted by molar-refractivity contribution is 8.03. The smallest absolute Gasteiger partial charge is 0.313 e. The van der Waals surface area contributed by atoms with E-state index in [0.717, 1.165) is 22.2 Å². The van der Waals surface area contributed by atoms with Crippen LogP contribution in [-0.4, -0.2) is 23.8 Å². The first-order valence-corrected chi connectivity index (χ1v) is 7.68. The van der Waals surface area contributed by atoms with Crippen LogP contribution in [0.1, 0.15) is 5.56 Å². The number of nitriles is 1. The van der Waals surface area contributed by atoms with E-state index in [2.05, 4.69) is 5.32 Å². The Morgan fingerprint density at radius 2 is 1.78 bits per heavy atom. The first-order chi connectivity index (χ1) is 11.1. The average molecular weight is 325 g/mol. The van der Waals surface area contributed by atoms with Gasteiger partial charge in [0.1, 0.15) is 5.40 Å². The van der Waals surface area contributed by atoms with E-state index < -0.39 is 11.8 Å². The molecule has 0 aliphatic carbocycles. The molecule has 0 aromatic heterocycles. The van der Waals surface area contributed by atoms with Gasteiger partial charge in [0.25, 0.3) is 0 Å². The normalized spacial score (nSPS) is 9.74. The zero-order chi connectivity index (χ0) is 16.7. The molecule has 0 aliphatic rings. The molecule has 0 saturated heterocycles. The topological polar surface area (TPSA) is 73.2 Å². The molecule has 2 aromatic rings. The number of amides is 2. The molecule has 2 aromatic carbocycles. The molecule has 2 rings (SSSR count). The van der Waals surface area contributed by atoms with Gasteiger partial charge in [-0.3, -0.25) is 9.59 Å². The molecule has 0 fully saturated rings. The molecule has 6 heteroatoms. The molecule has 23 heavy (non-hydrogen) atoms. The lowest BCUT2D eigenvalue weighted by Crippen LogP contribution is -2.36. The first-order valence-electron chi connectivity index (χ1n) is 6.86. The van der Waals surface area contributed by atoms with Crippen molar-refractivity contribution in [1.82, 2.24) is 4.90 Å². The summed E-state index contributed by atoms with van der Waals surface area (Å²) in [6.45, 7) is 0.366. The maximum Gasteiger partial charge on any atom is 0.313 e. The van der Waals surface area contributed by atoms with Gasteiger partial charge in [-0.1, -0.05) is 30.3 Å². The predicted molar refractivity (Wildman–Crippen MR) is 89.5 cm³/mol. The summed E-state index contributed by atoms with van der Waals surface area (Å²) in [5.41, 5.74) is 1.47. The molecule has 0 spiro atoms. The van der Waals surface area contributed by atoms with Crippen LogP contribution in [0.2, 0.25) is 0 Å². The number of carbonyl (C=O) groups is 2. The number of benzene rings is 2. The number of nitrogens with zero attached hydrogens (tertiary/aromatic N) is 2. The van der Waals surface area contributed by atoms with Crippen molar-refractivity contribution in [3.63, 3.8) is 0 Å². The van der Waals surface area contributed by atoms with E-state index in [1.54, 1.807) is 31.3 Å². The third-order valence-corrected chi connectivity index (χ3v) is 3.68. The Hall–Kier alpha value is -2.78. The summed E-state index contributed by atoms with van der Waals surface area (Å²) < 4.78 is 0. The molecular formula is C17H15N3O2S. The van der Waals surface area contributed by atoms with Gasteiger partial charge in [-0.2, -0.15) is 5.26 Å². The lowest BCUT2D eigenvalue weighted by molar-refractivity contribution is -0.142. The second-order valence-electron chi connectivity index (χ2n) is 4.82. The second kappa shape index (κ2) is 8.01. The highest BCUT2D eigenvalue weighted by Gasteiger charge is 2.18. The van der Waals surface area contributed by atoms with Crippen molar-refractivity contribution in [2.75, 3.05) is 12.4 Å². The number of thiocyanates is 1. The summed E-state index contributed by atoms with van der Waals surface area (Å²) in [4.78, 5) is 26.2. The van der Waals surface area contributed by atoms with Crippen LogP contribution in [0, 0.1) is 10.7 Å². The van der Waals surface area contributed by atoms with E-state index in [-0.39, 0.29) is 0 Å². The van der Waals surface area contributed by atoms with Gasteiger partial charge in [-0.15, -0.1) is 0 Å².